The molecule has 1 aromatic rings. The quantitative estimate of drug-likeness (QED) is 0.764. The van der Waals surface area contributed by atoms with Crippen molar-refractivity contribution in [3.63, 3.8) is 0 Å². The SMILES string of the molecule is Cc1cc(N2CCN(C)CC2)cc(C(F)(F)F)c1. The highest BCUT2D eigenvalue weighted by atomic mass is 19.4. The summed E-state index contributed by atoms with van der Waals surface area (Å²) in [5.74, 6) is 0. The van der Waals surface area contributed by atoms with Crippen molar-refractivity contribution in [3.8, 4) is 0 Å². The van der Waals surface area contributed by atoms with Gasteiger partial charge in [-0.1, -0.05) is 0 Å². The van der Waals surface area contributed by atoms with Gasteiger partial charge in [0.1, 0.15) is 0 Å². The zero-order valence-corrected chi connectivity index (χ0v) is 10.6. The van der Waals surface area contributed by atoms with E-state index < -0.39 is 11.7 Å². The van der Waals surface area contributed by atoms with Crippen LogP contribution in [0.25, 0.3) is 0 Å². The van der Waals surface area contributed by atoms with Crippen LogP contribution in [-0.2, 0) is 6.18 Å². The standard InChI is InChI=1S/C13H17F3N2/c1-10-7-11(13(14,15)16)9-12(8-10)18-5-3-17(2)4-6-18/h7-9H,3-6H2,1-2H3. The van der Waals surface area contributed by atoms with Gasteiger partial charge in [-0.05, 0) is 37.7 Å². The first-order valence-electron chi connectivity index (χ1n) is 5.98. The molecule has 18 heavy (non-hydrogen) atoms. The summed E-state index contributed by atoms with van der Waals surface area (Å²) in [5, 5.41) is 0. The molecule has 0 amide bonds. The van der Waals surface area contributed by atoms with E-state index in [-0.39, 0.29) is 0 Å². The van der Waals surface area contributed by atoms with E-state index >= 15 is 0 Å². The lowest BCUT2D eigenvalue weighted by Gasteiger charge is -2.34. The third-order valence-corrected chi connectivity index (χ3v) is 3.26. The van der Waals surface area contributed by atoms with Gasteiger partial charge >= 0.3 is 6.18 Å². The van der Waals surface area contributed by atoms with E-state index in [4.69, 9.17) is 0 Å². The van der Waals surface area contributed by atoms with Crippen LogP contribution >= 0.6 is 0 Å². The van der Waals surface area contributed by atoms with Crippen LogP contribution in [0.15, 0.2) is 18.2 Å². The van der Waals surface area contributed by atoms with Crippen molar-refractivity contribution in [3.05, 3.63) is 29.3 Å². The molecule has 1 aliphatic rings. The van der Waals surface area contributed by atoms with Crippen LogP contribution in [0.1, 0.15) is 11.1 Å². The molecule has 0 radical (unpaired) electrons. The van der Waals surface area contributed by atoms with Crippen LogP contribution in [0.3, 0.4) is 0 Å². The van der Waals surface area contributed by atoms with Gasteiger partial charge in [-0.25, -0.2) is 0 Å². The molecule has 2 nitrogen and oxygen atoms in total. The Morgan fingerprint density at radius 3 is 2.17 bits per heavy atom. The minimum atomic E-state index is -4.27. The molecule has 1 heterocycles. The normalized spacial score (nSPS) is 18.2. The summed E-state index contributed by atoms with van der Waals surface area (Å²) in [7, 11) is 2.02. The number of halogens is 3. The highest BCUT2D eigenvalue weighted by Gasteiger charge is 2.31. The van der Waals surface area contributed by atoms with Crippen molar-refractivity contribution >= 4 is 5.69 Å². The molecule has 0 aromatic heterocycles. The second-order valence-corrected chi connectivity index (χ2v) is 4.85. The van der Waals surface area contributed by atoms with Gasteiger partial charge in [-0.15, -0.1) is 0 Å². The monoisotopic (exact) mass is 258 g/mol. The van der Waals surface area contributed by atoms with Gasteiger partial charge in [0.15, 0.2) is 0 Å². The lowest BCUT2D eigenvalue weighted by Crippen LogP contribution is -2.44. The molecule has 1 aromatic carbocycles. The second kappa shape index (κ2) is 4.80. The van der Waals surface area contributed by atoms with Crippen LogP contribution in [-0.4, -0.2) is 38.1 Å². The highest BCUT2D eigenvalue weighted by Crippen LogP contribution is 2.33. The summed E-state index contributed by atoms with van der Waals surface area (Å²) in [4.78, 5) is 4.19. The van der Waals surface area contributed by atoms with Crippen LogP contribution in [0.4, 0.5) is 18.9 Å². The van der Waals surface area contributed by atoms with E-state index in [1.54, 1.807) is 6.92 Å². The topological polar surface area (TPSA) is 6.48 Å². The van der Waals surface area contributed by atoms with Crippen LogP contribution in [0.2, 0.25) is 0 Å². The molecule has 1 saturated heterocycles. The smallest absolute Gasteiger partial charge is 0.369 e. The summed E-state index contributed by atoms with van der Waals surface area (Å²) >= 11 is 0. The number of rotatable bonds is 1. The van der Waals surface area contributed by atoms with E-state index in [1.807, 2.05) is 18.0 Å². The molecule has 0 spiro atoms. The largest absolute Gasteiger partial charge is 0.416 e. The van der Waals surface area contributed by atoms with Crippen molar-refractivity contribution in [1.29, 1.82) is 0 Å². The van der Waals surface area contributed by atoms with Crippen molar-refractivity contribution in [2.24, 2.45) is 0 Å². The van der Waals surface area contributed by atoms with E-state index in [1.165, 1.54) is 12.1 Å². The van der Waals surface area contributed by atoms with Gasteiger partial charge in [0.05, 0.1) is 5.56 Å². The van der Waals surface area contributed by atoms with Gasteiger partial charge in [-0.2, -0.15) is 13.2 Å². The molecule has 0 aliphatic carbocycles. The Morgan fingerprint density at radius 2 is 1.61 bits per heavy atom. The fourth-order valence-corrected chi connectivity index (χ4v) is 2.17. The maximum Gasteiger partial charge on any atom is 0.416 e. The van der Waals surface area contributed by atoms with Crippen molar-refractivity contribution in [2.75, 3.05) is 38.1 Å². The van der Waals surface area contributed by atoms with E-state index in [9.17, 15) is 13.2 Å². The number of aryl methyl sites for hydroxylation is 1. The summed E-state index contributed by atoms with van der Waals surface area (Å²) < 4.78 is 38.3. The zero-order valence-electron chi connectivity index (χ0n) is 10.6. The Hall–Kier alpha value is -1.23. The van der Waals surface area contributed by atoms with Gasteiger partial charge < -0.3 is 9.80 Å². The molecule has 0 unspecified atom stereocenters. The molecule has 2 rings (SSSR count). The van der Waals surface area contributed by atoms with Crippen molar-refractivity contribution in [2.45, 2.75) is 13.1 Å². The lowest BCUT2D eigenvalue weighted by molar-refractivity contribution is -0.137. The van der Waals surface area contributed by atoms with Crippen LogP contribution < -0.4 is 4.90 Å². The third kappa shape index (κ3) is 2.96. The molecule has 100 valence electrons. The fraction of sp³-hybridized carbons (Fsp3) is 0.538. The average molecular weight is 258 g/mol. The van der Waals surface area contributed by atoms with Gasteiger partial charge in [0.2, 0.25) is 0 Å². The molecule has 1 fully saturated rings. The maximum atomic E-state index is 12.8. The average Bonchev–Trinajstić information content (AvgIpc) is 2.28. The molecule has 1 aliphatic heterocycles. The van der Waals surface area contributed by atoms with Crippen LogP contribution in [0, 0.1) is 6.92 Å². The number of nitrogens with zero attached hydrogens (tertiary/aromatic N) is 2. The molecule has 0 saturated carbocycles. The predicted molar refractivity (Wildman–Crippen MR) is 65.9 cm³/mol. The number of hydrogen-bond donors (Lipinski definition) is 0. The number of benzene rings is 1. The van der Waals surface area contributed by atoms with Gasteiger partial charge in [0, 0.05) is 31.9 Å². The Labute approximate surface area is 105 Å². The number of piperazine rings is 1. The first kappa shape index (κ1) is 13.2. The van der Waals surface area contributed by atoms with Gasteiger partial charge in [0.25, 0.3) is 0 Å². The van der Waals surface area contributed by atoms with E-state index in [2.05, 4.69) is 4.90 Å². The molecule has 0 atom stereocenters. The fourth-order valence-electron chi connectivity index (χ4n) is 2.17. The van der Waals surface area contributed by atoms with Crippen LogP contribution in [0.5, 0.6) is 0 Å². The Bertz CT molecular complexity index is 421. The lowest BCUT2D eigenvalue weighted by atomic mass is 10.1. The van der Waals surface area contributed by atoms with Crippen molar-refractivity contribution < 1.29 is 13.2 Å². The number of anilines is 1. The molecular weight excluding hydrogens is 241 g/mol. The minimum absolute atomic E-state index is 0.559. The summed E-state index contributed by atoms with van der Waals surface area (Å²) in [6, 6.07) is 4.26. The van der Waals surface area contributed by atoms with E-state index in [0.717, 1.165) is 26.2 Å². The molecule has 5 heteroatoms. The number of hydrogen-bond acceptors (Lipinski definition) is 2. The minimum Gasteiger partial charge on any atom is -0.369 e. The highest BCUT2D eigenvalue weighted by molar-refractivity contribution is 5.52. The summed E-state index contributed by atoms with van der Waals surface area (Å²) in [6.07, 6.45) is -4.27. The predicted octanol–water partition coefficient (Wildman–Crippen LogP) is 2.77. The Balaban J connectivity index is 2.25. The summed E-state index contributed by atoms with van der Waals surface area (Å²) in [6.45, 7) is 5.02. The second-order valence-electron chi connectivity index (χ2n) is 4.85. The summed E-state index contributed by atoms with van der Waals surface area (Å²) in [5.41, 5.74) is 0.769. The molecule has 0 N–H and O–H groups in total. The van der Waals surface area contributed by atoms with Gasteiger partial charge in [-0.3, -0.25) is 0 Å². The Morgan fingerprint density at radius 1 is 1.00 bits per heavy atom. The maximum absolute atomic E-state index is 12.8. The molecular formula is C13H17F3N2. The van der Waals surface area contributed by atoms with Crippen molar-refractivity contribution in [1.82, 2.24) is 4.90 Å². The third-order valence-electron chi connectivity index (χ3n) is 3.26. The zero-order chi connectivity index (χ0) is 13.3. The first-order valence-corrected chi connectivity index (χ1v) is 5.98. The Kier molecular flexibility index (Phi) is 3.52. The molecule has 0 bridgehead atoms. The number of alkyl halides is 3. The van der Waals surface area contributed by atoms with E-state index in [0.29, 0.717) is 11.3 Å². The number of likely N-dealkylation sites (N-methyl/N-ethyl adjacent to an activating group) is 1. The first-order chi connectivity index (χ1) is 8.36.